The van der Waals surface area contributed by atoms with Crippen LogP contribution in [0.4, 0.5) is 0 Å². The first-order valence-corrected chi connectivity index (χ1v) is 10.1. The topological polar surface area (TPSA) is 41.1 Å². The Morgan fingerprint density at radius 2 is 1.81 bits per heavy atom. The molecule has 0 spiro atoms. The molecule has 4 nitrogen and oxygen atoms in total. The standard InChI is InChI=1S/C22H30N4/c1-17-20-9-5-6-10-21(20)25-22(24-17)15-23-19-11-13-26(14-12-19)16-18-7-3-2-4-8-18/h2-4,7-8,19,23H,5-6,9-16H2,1H3. The van der Waals surface area contributed by atoms with Gasteiger partial charge in [0.05, 0.1) is 6.54 Å². The van der Waals surface area contributed by atoms with Crippen LogP contribution < -0.4 is 5.32 Å². The molecular formula is C22H30N4. The van der Waals surface area contributed by atoms with E-state index in [0.717, 1.165) is 44.8 Å². The van der Waals surface area contributed by atoms with Gasteiger partial charge in [0.15, 0.2) is 0 Å². The number of aryl methyl sites for hydroxylation is 2. The van der Waals surface area contributed by atoms with Crippen LogP contribution in [0.25, 0.3) is 0 Å². The van der Waals surface area contributed by atoms with Crippen molar-refractivity contribution in [3.8, 4) is 0 Å². The molecule has 26 heavy (non-hydrogen) atoms. The van der Waals surface area contributed by atoms with Gasteiger partial charge in [-0.05, 0) is 69.7 Å². The highest BCUT2D eigenvalue weighted by atomic mass is 15.1. The number of likely N-dealkylation sites (tertiary alicyclic amines) is 1. The van der Waals surface area contributed by atoms with E-state index >= 15 is 0 Å². The van der Waals surface area contributed by atoms with Crippen molar-refractivity contribution in [3.63, 3.8) is 0 Å². The van der Waals surface area contributed by atoms with Gasteiger partial charge in [0, 0.05) is 24.0 Å². The van der Waals surface area contributed by atoms with Gasteiger partial charge in [-0.2, -0.15) is 0 Å². The number of hydrogen-bond donors (Lipinski definition) is 1. The molecule has 2 heterocycles. The Morgan fingerprint density at radius 3 is 2.62 bits per heavy atom. The van der Waals surface area contributed by atoms with Gasteiger partial charge >= 0.3 is 0 Å². The largest absolute Gasteiger partial charge is 0.307 e. The van der Waals surface area contributed by atoms with Crippen LogP contribution in [0.3, 0.4) is 0 Å². The molecule has 1 aromatic carbocycles. The number of aromatic nitrogens is 2. The van der Waals surface area contributed by atoms with Crippen molar-refractivity contribution in [1.82, 2.24) is 20.2 Å². The summed E-state index contributed by atoms with van der Waals surface area (Å²) in [6, 6.07) is 11.4. The zero-order valence-electron chi connectivity index (χ0n) is 15.9. The fraction of sp³-hybridized carbons (Fsp3) is 0.545. The van der Waals surface area contributed by atoms with Gasteiger partial charge in [-0.3, -0.25) is 4.90 Å². The van der Waals surface area contributed by atoms with Crippen LogP contribution in [0.2, 0.25) is 0 Å². The zero-order chi connectivity index (χ0) is 17.8. The Bertz CT molecular complexity index is 720. The number of rotatable bonds is 5. The fourth-order valence-corrected chi connectivity index (χ4v) is 4.30. The Hall–Kier alpha value is -1.78. The molecule has 4 rings (SSSR count). The van der Waals surface area contributed by atoms with E-state index in [0.29, 0.717) is 6.04 Å². The number of nitrogens with zero attached hydrogens (tertiary/aromatic N) is 3. The number of benzene rings is 1. The third-order valence-electron chi connectivity index (χ3n) is 5.82. The first-order valence-electron chi connectivity index (χ1n) is 10.1. The summed E-state index contributed by atoms with van der Waals surface area (Å²) < 4.78 is 0. The second kappa shape index (κ2) is 8.28. The molecule has 1 aromatic heterocycles. The number of hydrogen-bond acceptors (Lipinski definition) is 4. The molecular weight excluding hydrogens is 320 g/mol. The Balaban J connectivity index is 1.27. The van der Waals surface area contributed by atoms with Crippen LogP contribution in [-0.2, 0) is 25.9 Å². The average Bonchev–Trinajstić information content (AvgIpc) is 2.68. The van der Waals surface area contributed by atoms with E-state index in [9.17, 15) is 0 Å². The van der Waals surface area contributed by atoms with E-state index < -0.39 is 0 Å². The lowest BCUT2D eigenvalue weighted by atomic mass is 9.95. The molecule has 0 bridgehead atoms. The molecule has 1 fully saturated rings. The number of fused-ring (bicyclic) bond motifs is 1. The van der Waals surface area contributed by atoms with Gasteiger partial charge in [0.25, 0.3) is 0 Å². The number of nitrogens with one attached hydrogen (secondary N) is 1. The SMILES string of the molecule is Cc1nc(CNC2CCN(Cc3ccccc3)CC2)nc2c1CCCC2. The summed E-state index contributed by atoms with van der Waals surface area (Å²) in [6.45, 7) is 6.35. The molecule has 0 atom stereocenters. The van der Waals surface area contributed by atoms with E-state index in [1.165, 1.54) is 48.2 Å². The highest BCUT2D eigenvalue weighted by Gasteiger charge is 2.20. The van der Waals surface area contributed by atoms with Crippen LogP contribution in [0.5, 0.6) is 0 Å². The predicted octanol–water partition coefficient (Wildman–Crippen LogP) is 3.42. The van der Waals surface area contributed by atoms with Crippen molar-refractivity contribution < 1.29 is 0 Å². The lowest BCUT2D eigenvalue weighted by Gasteiger charge is -2.32. The molecule has 138 valence electrons. The van der Waals surface area contributed by atoms with E-state index in [1.807, 2.05) is 0 Å². The van der Waals surface area contributed by atoms with Crippen LogP contribution in [0, 0.1) is 6.92 Å². The minimum Gasteiger partial charge on any atom is -0.307 e. The highest BCUT2D eigenvalue weighted by molar-refractivity contribution is 5.27. The molecule has 0 amide bonds. The van der Waals surface area contributed by atoms with E-state index in [2.05, 4.69) is 47.5 Å². The Morgan fingerprint density at radius 1 is 1.04 bits per heavy atom. The monoisotopic (exact) mass is 350 g/mol. The zero-order valence-corrected chi connectivity index (χ0v) is 15.9. The average molecular weight is 351 g/mol. The molecule has 1 saturated heterocycles. The van der Waals surface area contributed by atoms with Gasteiger partial charge in [-0.15, -0.1) is 0 Å². The second-order valence-corrected chi connectivity index (χ2v) is 7.77. The summed E-state index contributed by atoms with van der Waals surface area (Å²) in [4.78, 5) is 12.2. The summed E-state index contributed by atoms with van der Waals surface area (Å²) in [5.41, 5.74) is 5.33. The lowest BCUT2D eigenvalue weighted by molar-refractivity contribution is 0.189. The van der Waals surface area contributed by atoms with Gasteiger partial charge in [0.2, 0.25) is 0 Å². The summed E-state index contributed by atoms with van der Waals surface area (Å²) >= 11 is 0. The van der Waals surface area contributed by atoms with Crippen molar-refractivity contribution in [2.24, 2.45) is 0 Å². The van der Waals surface area contributed by atoms with Crippen LogP contribution in [-0.4, -0.2) is 34.0 Å². The van der Waals surface area contributed by atoms with Crippen molar-refractivity contribution in [2.45, 2.75) is 64.6 Å². The van der Waals surface area contributed by atoms with Gasteiger partial charge < -0.3 is 5.32 Å². The highest BCUT2D eigenvalue weighted by Crippen LogP contribution is 2.22. The molecule has 1 aliphatic carbocycles. The van der Waals surface area contributed by atoms with Crippen LogP contribution >= 0.6 is 0 Å². The van der Waals surface area contributed by atoms with Gasteiger partial charge in [-0.1, -0.05) is 30.3 Å². The molecule has 4 heteroatoms. The minimum atomic E-state index is 0.585. The fourth-order valence-electron chi connectivity index (χ4n) is 4.30. The lowest BCUT2D eigenvalue weighted by Crippen LogP contribution is -2.42. The summed E-state index contributed by atoms with van der Waals surface area (Å²) in [7, 11) is 0. The first-order chi connectivity index (χ1) is 12.8. The maximum Gasteiger partial charge on any atom is 0.142 e. The van der Waals surface area contributed by atoms with E-state index in [4.69, 9.17) is 9.97 Å². The smallest absolute Gasteiger partial charge is 0.142 e. The molecule has 2 aliphatic rings. The first kappa shape index (κ1) is 17.6. The molecule has 0 unspecified atom stereocenters. The quantitative estimate of drug-likeness (QED) is 0.897. The minimum absolute atomic E-state index is 0.585. The third kappa shape index (κ3) is 4.30. The molecule has 0 saturated carbocycles. The van der Waals surface area contributed by atoms with E-state index in [-0.39, 0.29) is 0 Å². The Labute approximate surface area is 157 Å². The molecule has 1 aliphatic heterocycles. The Kier molecular flexibility index (Phi) is 5.61. The molecule has 2 aromatic rings. The van der Waals surface area contributed by atoms with Crippen LogP contribution in [0.15, 0.2) is 30.3 Å². The van der Waals surface area contributed by atoms with E-state index in [1.54, 1.807) is 0 Å². The van der Waals surface area contributed by atoms with Crippen LogP contribution in [0.1, 0.15) is 54.0 Å². The number of piperidine rings is 1. The molecule has 1 N–H and O–H groups in total. The third-order valence-corrected chi connectivity index (χ3v) is 5.82. The second-order valence-electron chi connectivity index (χ2n) is 7.77. The summed E-state index contributed by atoms with van der Waals surface area (Å²) in [6.07, 6.45) is 7.26. The maximum atomic E-state index is 4.85. The van der Waals surface area contributed by atoms with Crippen molar-refractivity contribution >= 4 is 0 Å². The van der Waals surface area contributed by atoms with Gasteiger partial charge in [-0.25, -0.2) is 9.97 Å². The van der Waals surface area contributed by atoms with Crippen molar-refractivity contribution in [2.75, 3.05) is 13.1 Å². The van der Waals surface area contributed by atoms with Gasteiger partial charge in [0.1, 0.15) is 5.82 Å². The van der Waals surface area contributed by atoms with Crippen molar-refractivity contribution in [1.29, 1.82) is 0 Å². The normalized spacial score (nSPS) is 18.7. The molecule has 0 radical (unpaired) electrons. The summed E-state index contributed by atoms with van der Waals surface area (Å²) in [5.74, 6) is 0.981. The predicted molar refractivity (Wildman–Crippen MR) is 105 cm³/mol. The van der Waals surface area contributed by atoms with Crippen molar-refractivity contribution in [3.05, 3.63) is 58.7 Å². The maximum absolute atomic E-state index is 4.85. The summed E-state index contributed by atoms with van der Waals surface area (Å²) in [5, 5.41) is 3.70.